The smallest absolute Gasteiger partial charge is 0.201 e. The second-order valence-electron chi connectivity index (χ2n) is 5.75. The number of benzene rings is 2. The van der Waals surface area contributed by atoms with Gasteiger partial charge in [0, 0.05) is 0 Å². The molecule has 0 unspecified atom stereocenters. The summed E-state index contributed by atoms with van der Waals surface area (Å²) in [5, 5.41) is 12.2. The van der Waals surface area contributed by atoms with Crippen LogP contribution in [0.4, 0.5) is 5.69 Å². The molecule has 1 aliphatic rings. The van der Waals surface area contributed by atoms with Crippen LogP contribution in [0.3, 0.4) is 0 Å². The minimum atomic E-state index is -1.54. The van der Waals surface area contributed by atoms with E-state index in [-0.39, 0.29) is 11.8 Å². The predicted molar refractivity (Wildman–Crippen MR) is 84.0 cm³/mol. The van der Waals surface area contributed by atoms with Crippen LogP contribution in [0.15, 0.2) is 60.7 Å². The molecule has 3 atom stereocenters. The predicted octanol–water partition coefficient (Wildman–Crippen LogP) is 3.09. The molecule has 4 heteroatoms. The second kappa shape index (κ2) is 5.55. The Morgan fingerprint density at radius 1 is 1.09 bits per heavy atom. The monoisotopic (exact) mass is 297 g/mol. The molecule has 0 amide bonds. The molecule has 0 aromatic heterocycles. The first-order valence-electron chi connectivity index (χ1n) is 7.32. The number of para-hydroxylation sites is 1. The van der Waals surface area contributed by atoms with Crippen LogP contribution in [-0.4, -0.2) is 16.7 Å². The first-order chi connectivity index (χ1) is 10.5. The summed E-state index contributed by atoms with van der Waals surface area (Å²) in [7, 11) is 0. The van der Waals surface area contributed by atoms with Crippen LogP contribution in [-0.2, 0) is 9.63 Å². The molecule has 3 rings (SSSR count). The molecule has 0 radical (unpaired) electrons. The average Bonchev–Trinajstić information content (AvgIpc) is 2.80. The highest BCUT2D eigenvalue weighted by molar-refractivity contribution is 5.81. The van der Waals surface area contributed by atoms with Gasteiger partial charge in [-0.05, 0) is 31.5 Å². The minimum absolute atomic E-state index is 0.0997. The van der Waals surface area contributed by atoms with E-state index in [9.17, 15) is 9.90 Å². The Morgan fingerprint density at radius 3 is 2.18 bits per heavy atom. The summed E-state index contributed by atoms with van der Waals surface area (Å²) < 4.78 is 0. The molecule has 1 saturated heterocycles. The molecular formula is C18H19NO3. The number of carbonyl (C=O) groups excluding carboxylic acids is 1. The lowest BCUT2D eigenvalue weighted by Gasteiger charge is -2.26. The highest BCUT2D eigenvalue weighted by Gasteiger charge is 2.54. The van der Waals surface area contributed by atoms with Gasteiger partial charge in [-0.25, -0.2) is 9.90 Å². The molecule has 0 aliphatic carbocycles. The van der Waals surface area contributed by atoms with Crippen LogP contribution in [0.25, 0.3) is 0 Å². The number of carbonyl (C=O) groups is 1. The molecule has 2 aromatic carbocycles. The Morgan fingerprint density at radius 2 is 1.64 bits per heavy atom. The molecule has 1 fully saturated rings. The molecule has 1 heterocycles. The fraction of sp³-hybridized carbons (Fsp3) is 0.278. The van der Waals surface area contributed by atoms with Crippen molar-refractivity contribution in [2.45, 2.75) is 25.7 Å². The normalized spacial score (nSPS) is 27.9. The molecule has 1 N–H and O–H groups in total. The highest BCUT2D eigenvalue weighted by atomic mass is 16.8. The Labute approximate surface area is 129 Å². The molecule has 1 aliphatic heterocycles. The van der Waals surface area contributed by atoms with E-state index >= 15 is 0 Å². The van der Waals surface area contributed by atoms with Gasteiger partial charge in [-0.1, -0.05) is 48.5 Å². The fourth-order valence-electron chi connectivity index (χ4n) is 3.11. The Kier molecular flexibility index (Phi) is 3.72. The number of aliphatic hydroxyl groups is 1. The summed E-state index contributed by atoms with van der Waals surface area (Å²) in [6.07, 6.45) is 0. The van der Waals surface area contributed by atoms with E-state index < -0.39 is 11.7 Å². The van der Waals surface area contributed by atoms with Crippen LogP contribution in [0.5, 0.6) is 0 Å². The maximum Gasteiger partial charge on any atom is 0.201 e. The maximum absolute atomic E-state index is 12.2. The minimum Gasteiger partial charge on any atom is -0.363 e. The van der Waals surface area contributed by atoms with Crippen molar-refractivity contribution in [1.82, 2.24) is 0 Å². The first-order valence-corrected chi connectivity index (χ1v) is 7.32. The van der Waals surface area contributed by atoms with Gasteiger partial charge in [0.15, 0.2) is 0 Å². The zero-order chi connectivity index (χ0) is 15.7. The Balaban J connectivity index is 2.11. The zero-order valence-corrected chi connectivity index (χ0v) is 12.6. The van der Waals surface area contributed by atoms with Gasteiger partial charge in [0.2, 0.25) is 5.79 Å². The summed E-state index contributed by atoms with van der Waals surface area (Å²) in [4.78, 5) is 17.9. The molecule has 0 saturated carbocycles. The summed E-state index contributed by atoms with van der Waals surface area (Å²) in [5.41, 5.74) is 1.74. The van der Waals surface area contributed by atoms with Crippen LogP contribution in [0.1, 0.15) is 25.5 Å². The number of hydrogen-bond donors (Lipinski definition) is 1. The van der Waals surface area contributed by atoms with Crippen molar-refractivity contribution in [1.29, 1.82) is 0 Å². The molecular weight excluding hydrogens is 278 g/mol. The van der Waals surface area contributed by atoms with E-state index in [2.05, 4.69) is 0 Å². The third-order valence-electron chi connectivity index (χ3n) is 4.02. The third kappa shape index (κ3) is 2.51. The summed E-state index contributed by atoms with van der Waals surface area (Å²) in [6, 6.07) is 18.8. The lowest BCUT2D eigenvalue weighted by Crippen LogP contribution is -2.37. The molecule has 2 aromatic rings. The topological polar surface area (TPSA) is 49.8 Å². The summed E-state index contributed by atoms with van der Waals surface area (Å²) in [6.45, 7) is 3.03. The van der Waals surface area contributed by atoms with Crippen molar-refractivity contribution < 1.29 is 14.7 Å². The Hall–Kier alpha value is -2.17. The average molecular weight is 297 g/mol. The number of hydrogen-bond acceptors (Lipinski definition) is 4. The number of hydroxylamine groups is 1. The van der Waals surface area contributed by atoms with E-state index in [1.54, 1.807) is 5.06 Å². The number of ketones is 1. The van der Waals surface area contributed by atoms with Gasteiger partial charge in [-0.3, -0.25) is 4.79 Å². The third-order valence-corrected chi connectivity index (χ3v) is 4.02. The first kappa shape index (κ1) is 14.8. The van der Waals surface area contributed by atoms with Crippen molar-refractivity contribution in [2.75, 3.05) is 5.06 Å². The zero-order valence-electron chi connectivity index (χ0n) is 12.6. The number of anilines is 1. The molecule has 0 bridgehead atoms. The van der Waals surface area contributed by atoms with Gasteiger partial charge < -0.3 is 5.11 Å². The van der Waals surface area contributed by atoms with Gasteiger partial charge in [0.05, 0.1) is 11.7 Å². The van der Waals surface area contributed by atoms with Gasteiger partial charge >= 0.3 is 0 Å². The van der Waals surface area contributed by atoms with Gasteiger partial charge in [-0.15, -0.1) is 0 Å². The lowest BCUT2D eigenvalue weighted by atomic mass is 9.85. The summed E-state index contributed by atoms with van der Waals surface area (Å²) in [5.74, 6) is -2.30. The molecule has 0 spiro atoms. The van der Waals surface area contributed by atoms with Crippen LogP contribution < -0.4 is 5.06 Å². The van der Waals surface area contributed by atoms with Crippen LogP contribution in [0.2, 0.25) is 0 Å². The number of nitrogens with zero attached hydrogens (tertiary/aromatic N) is 1. The highest BCUT2D eigenvalue weighted by Crippen LogP contribution is 2.46. The molecule has 114 valence electrons. The number of Topliss-reactive ketones (excluding diaryl/α,β-unsaturated/α-hetero) is 1. The lowest BCUT2D eigenvalue weighted by molar-refractivity contribution is -0.188. The quantitative estimate of drug-likeness (QED) is 0.946. The summed E-state index contributed by atoms with van der Waals surface area (Å²) >= 11 is 0. The second-order valence-corrected chi connectivity index (χ2v) is 5.75. The van der Waals surface area contributed by atoms with Gasteiger partial charge in [-0.2, -0.15) is 0 Å². The van der Waals surface area contributed by atoms with Crippen molar-refractivity contribution in [2.24, 2.45) is 5.92 Å². The maximum atomic E-state index is 12.2. The van der Waals surface area contributed by atoms with E-state index in [0.717, 1.165) is 11.3 Å². The van der Waals surface area contributed by atoms with E-state index in [0.29, 0.717) is 0 Å². The SMILES string of the molecule is CC(=O)[C@@H]1[C@@H](c2ccccc2)N(c2ccccc2)O[C@@]1(C)O. The van der Waals surface area contributed by atoms with Crippen molar-refractivity contribution in [3.63, 3.8) is 0 Å². The standard InChI is InChI=1S/C18H19NO3/c1-13(20)16-17(14-9-5-3-6-10-14)19(22-18(16,2)21)15-11-7-4-8-12-15/h3-12,16-17,21H,1-2H3/t16-,17-,18-/m1/s1. The fourth-order valence-corrected chi connectivity index (χ4v) is 3.11. The van der Waals surface area contributed by atoms with E-state index in [1.165, 1.54) is 13.8 Å². The van der Waals surface area contributed by atoms with Gasteiger partial charge in [0.25, 0.3) is 0 Å². The van der Waals surface area contributed by atoms with Gasteiger partial charge in [0.1, 0.15) is 11.7 Å². The van der Waals surface area contributed by atoms with Crippen molar-refractivity contribution in [3.8, 4) is 0 Å². The van der Waals surface area contributed by atoms with Crippen LogP contribution in [0, 0.1) is 5.92 Å². The molecule has 4 nitrogen and oxygen atoms in total. The largest absolute Gasteiger partial charge is 0.363 e. The van der Waals surface area contributed by atoms with Crippen molar-refractivity contribution in [3.05, 3.63) is 66.2 Å². The van der Waals surface area contributed by atoms with E-state index in [1.807, 2.05) is 60.7 Å². The van der Waals surface area contributed by atoms with E-state index in [4.69, 9.17) is 4.84 Å². The van der Waals surface area contributed by atoms with Crippen LogP contribution >= 0.6 is 0 Å². The molecule has 22 heavy (non-hydrogen) atoms. The number of rotatable bonds is 3. The Bertz CT molecular complexity index is 655. The van der Waals surface area contributed by atoms with Crippen molar-refractivity contribution >= 4 is 11.5 Å².